The van der Waals surface area contributed by atoms with Crippen molar-refractivity contribution < 1.29 is 21.6 Å². The second-order valence-corrected chi connectivity index (χ2v) is 10.6. The molecule has 2 atom stereocenters. The van der Waals surface area contributed by atoms with E-state index < -0.39 is 20.0 Å². The maximum absolute atomic E-state index is 12.8. The Morgan fingerprint density at radius 1 is 1.54 bits per heavy atom. The number of nitrogens with zero attached hydrogens (tertiary/aromatic N) is 1. The molecule has 0 saturated heterocycles. The largest absolute Gasteiger partial charge is 0.382 e. The van der Waals surface area contributed by atoms with Crippen molar-refractivity contribution in [1.82, 2.24) is 9.62 Å². The lowest BCUT2D eigenvalue weighted by atomic mass is 10.1. The zero-order chi connectivity index (χ0) is 18.1. The summed E-state index contributed by atoms with van der Waals surface area (Å²) in [5.41, 5.74) is 0.474. The van der Waals surface area contributed by atoms with Crippen molar-refractivity contribution in [3.8, 4) is 0 Å². The molecule has 3 N–H and O–H groups in total. The van der Waals surface area contributed by atoms with Gasteiger partial charge < -0.3 is 10.1 Å². The van der Waals surface area contributed by atoms with Crippen LogP contribution in [0.15, 0.2) is 14.5 Å². The third-order valence-electron chi connectivity index (χ3n) is 3.96. The Hall–Kier alpha value is -0.560. The van der Waals surface area contributed by atoms with E-state index in [1.54, 1.807) is 7.11 Å². The van der Waals surface area contributed by atoms with E-state index in [-0.39, 0.29) is 27.1 Å². The lowest BCUT2D eigenvalue weighted by molar-refractivity contribution is 0.105. The van der Waals surface area contributed by atoms with E-state index in [1.165, 1.54) is 10.4 Å². The zero-order valence-corrected chi connectivity index (χ0v) is 16.3. The van der Waals surface area contributed by atoms with Crippen LogP contribution in [0.1, 0.15) is 31.9 Å². The molecule has 0 bridgehead atoms. The fourth-order valence-corrected chi connectivity index (χ4v) is 6.83. The SMILES string of the molecule is CCNC1CN(CC[C@@H](C)OC)S(=O)(=O)c2sc(S(N)(=O)=O)cc21. The number of ether oxygens (including phenoxy) is 1. The van der Waals surface area contributed by atoms with E-state index in [0.717, 1.165) is 0 Å². The predicted molar refractivity (Wildman–Crippen MR) is 92.0 cm³/mol. The second-order valence-electron chi connectivity index (χ2n) is 5.66. The Labute approximate surface area is 147 Å². The minimum absolute atomic E-state index is 0.0498. The molecular formula is C13H23N3O5S3. The first-order valence-electron chi connectivity index (χ1n) is 7.54. The van der Waals surface area contributed by atoms with Gasteiger partial charge in [-0.05, 0) is 26.0 Å². The summed E-state index contributed by atoms with van der Waals surface area (Å²) in [6.45, 7) is 4.97. The van der Waals surface area contributed by atoms with Crippen LogP contribution in [0.25, 0.3) is 0 Å². The van der Waals surface area contributed by atoms with E-state index in [0.29, 0.717) is 36.4 Å². The van der Waals surface area contributed by atoms with Gasteiger partial charge in [-0.25, -0.2) is 22.0 Å². The van der Waals surface area contributed by atoms with E-state index in [1.807, 2.05) is 13.8 Å². The molecule has 0 spiro atoms. The van der Waals surface area contributed by atoms with Gasteiger partial charge in [0.25, 0.3) is 10.0 Å². The van der Waals surface area contributed by atoms with Gasteiger partial charge >= 0.3 is 0 Å². The first-order valence-corrected chi connectivity index (χ1v) is 11.3. The Morgan fingerprint density at radius 2 is 2.21 bits per heavy atom. The molecule has 1 aliphatic heterocycles. The van der Waals surface area contributed by atoms with Crippen molar-refractivity contribution in [1.29, 1.82) is 0 Å². The van der Waals surface area contributed by atoms with Gasteiger partial charge in [-0.15, -0.1) is 11.3 Å². The molecule has 2 rings (SSSR count). The molecular weight excluding hydrogens is 374 g/mol. The smallest absolute Gasteiger partial charge is 0.252 e. The summed E-state index contributed by atoms with van der Waals surface area (Å²) in [7, 11) is -6.11. The van der Waals surface area contributed by atoms with Gasteiger partial charge in [-0.2, -0.15) is 4.31 Å². The molecule has 0 aliphatic carbocycles. The standard InChI is InChI=1S/C13H23N3O5S3/c1-4-15-11-8-16(6-5-9(2)21-3)24(19,20)13-10(11)7-12(22-13)23(14,17)18/h7,9,11,15H,4-6,8H2,1-3H3,(H2,14,17,18)/t9-,11?/m1/s1. The lowest BCUT2D eigenvalue weighted by Crippen LogP contribution is -2.44. The topological polar surface area (TPSA) is 119 Å². The fraction of sp³-hybridized carbons (Fsp3) is 0.692. The van der Waals surface area contributed by atoms with E-state index in [4.69, 9.17) is 9.88 Å². The quantitative estimate of drug-likeness (QED) is 0.690. The monoisotopic (exact) mass is 397 g/mol. The number of likely N-dealkylation sites (N-methyl/N-ethyl adjacent to an activating group) is 1. The third kappa shape index (κ3) is 3.98. The number of rotatable bonds is 7. The van der Waals surface area contributed by atoms with Gasteiger partial charge in [-0.3, -0.25) is 0 Å². The van der Waals surface area contributed by atoms with Crippen LogP contribution in [-0.4, -0.2) is 54.0 Å². The van der Waals surface area contributed by atoms with E-state index in [9.17, 15) is 16.8 Å². The van der Waals surface area contributed by atoms with Crippen LogP contribution >= 0.6 is 11.3 Å². The maximum Gasteiger partial charge on any atom is 0.252 e. The second kappa shape index (κ2) is 7.36. The molecule has 0 radical (unpaired) electrons. The first kappa shape index (κ1) is 19.8. The molecule has 11 heteroatoms. The van der Waals surface area contributed by atoms with Crippen molar-refractivity contribution in [2.24, 2.45) is 5.14 Å². The Morgan fingerprint density at radius 3 is 2.75 bits per heavy atom. The average molecular weight is 398 g/mol. The number of thiophene rings is 1. The Kier molecular flexibility index (Phi) is 6.06. The highest BCUT2D eigenvalue weighted by Gasteiger charge is 2.39. The van der Waals surface area contributed by atoms with Crippen molar-refractivity contribution >= 4 is 31.4 Å². The van der Waals surface area contributed by atoms with Crippen molar-refractivity contribution in [2.75, 3.05) is 26.7 Å². The van der Waals surface area contributed by atoms with E-state index in [2.05, 4.69) is 5.32 Å². The highest BCUT2D eigenvalue weighted by molar-refractivity contribution is 7.94. The molecule has 138 valence electrons. The molecule has 1 unspecified atom stereocenters. The van der Waals surface area contributed by atoms with Crippen LogP contribution in [0.2, 0.25) is 0 Å². The molecule has 1 aromatic rings. The molecule has 0 aromatic carbocycles. The molecule has 0 saturated carbocycles. The lowest BCUT2D eigenvalue weighted by Gasteiger charge is -2.32. The molecule has 0 fully saturated rings. The van der Waals surface area contributed by atoms with Crippen LogP contribution in [0.5, 0.6) is 0 Å². The van der Waals surface area contributed by atoms with Gasteiger partial charge in [0, 0.05) is 31.8 Å². The summed E-state index contributed by atoms with van der Waals surface area (Å²) in [5, 5.41) is 8.37. The molecule has 24 heavy (non-hydrogen) atoms. The number of methoxy groups -OCH3 is 1. The summed E-state index contributed by atoms with van der Waals surface area (Å²) in [4.78, 5) is 0. The highest BCUT2D eigenvalue weighted by Crippen LogP contribution is 2.39. The highest BCUT2D eigenvalue weighted by atomic mass is 32.3. The third-order valence-corrected chi connectivity index (χ3v) is 8.92. The summed E-state index contributed by atoms with van der Waals surface area (Å²) >= 11 is 0.709. The van der Waals surface area contributed by atoms with Crippen LogP contribution in [0, 0.1) is 0 Å². The van der Waals surface area contributed by atoms with Crippen molar-refractivity contribution in [3.63, 3.8) is 0 Å². The number of hydrogen-bond donors (Lipinski definition) is 2. The average Bonchev–Trinajstić information content (AvgIpc) is 2.95. The summed E-state index contributed by atoms with van der Waals surface area (Å²) in [6.07, 6.45) is 0.486. The maximum atomic E-state index is 12.8. The number of nitrogens with two attached hydrogens (primary N) is 1. The normalized spacial score (nSPS) is 22.2. The van der Waals surface area contributed by atoms with Crippen LogP contribution in [0.3, 0.4) is 0 Å². The van der Waals surface area contributed by atoms with Crippen molar-refractivity contribution in [3.05, 3.63) is 11.6 Å². The summed E-state index contributed by atoms with van der Waals surface area (Å²) in [6, 6.07) is 1.10. The molecule has 1 aromatic heterocycles. The number of hydrogen-bond acceptors (Lipinski definition) is 7. The first-order chi connectivity index (χ1) is 11.1. The van der Waals surface area contributed by atoms with Gasteiger partial charge in [0.05, 0.1) is 6.10 Å². The van der Waals surface area contributed by atoms with Gasteiger partial charge in [0.1, 0.15) is 8.42 Å². The molecule has 8 nitrogen and oxygen atoms in total. The summed E-state index contributed by atoms with van der Waals surface area (Å²) < 4.78 is 55.3. The van der Waals surface area contributed by atoms with Crippen molar-refractivity contribution in [2.45, 2.75) is 40.8 Å². The van der Waals surface area contributed by atoms with Gasteiger partial charge in [0.2, 0.25) is 10.0 Å². The zero-order valence-electron chi connectivity index (χ0n) is 13.9. The van der Waals surface area contributed by atoms with Gasteiger partial charge in [-0.1, -0.05) is 6.92 Å². The predicted octanol–water partition coefficient (Wildman–Crippen LogP) is 0.475. The fourth-order valence-electron chi connectivity index (χ4n) is 2.54. The molecule has 2 heterocycles. The van der Waals surface area contributed by atoms with Gasteiger partial charge in [0.15, 0.2) is 0 Å². The Balaban J connectivity index is 2.43. The van der Waals surface area contributed by atoms with Crippen LogP contribution in [0.4, 0.5) is 0 Å². The summed E-state index contributed by atoms with van der Waals surface area (Å²) in [5.74, 6) is 0. The van der Waals surface area contributed by atoms with Crippen LogP contribution in [-0.2, 0) is 24.8 Å². The number of primary sulfonamides is 1. The van der Waals surface area contributed by atoms with Crippen LogP contribution < -0.4 is 10.5 Å². The molecule has 1 aliphatic rings. The van der Waals surface area contributed by atoms with E-state index >= 15 is 0 Å². The minimum atomic E-state index is -3.94. The number of nitrogens with one attached hydrogen (secondary N) is 1. The minimum Gasteiger partial charge on any atom is -0.382 e. The number of sulfonamides is 2. The number of fused-ring (bicyclic) bond motifs is 1. The Bertz CT molecular complexity index is 788. The molecule has 0 amide bonds.